The van der Waals surface area contributed by atoms with Gasteiger partial charge in [-0.05, 0) is 43.3 Å². The van der Waals surface area contributed by atoms with Gasteiger partial charge in [0.25, 0.3) is 5.91 Å². The number of carboxylic acids is 1. The number of carbonyl (C=O) groups excluding carboxylic acids is 1. The molecule has 26 heavy (non-hydrogen) atoms. The molecule has 6 nitrogen and oxygen atoms in total. The van der Waals surface area contributed by atoms with Crippen LogP contribution >= 0.6 is 11.3 Å². The summed E-state index contributed by atoms with van der Waals surface area (Å²) in [7, 11) is 1.49. The summed E-state index contributed by atoms with van der Waals surface area (Å²) in [5.74, 6) is -1.09. The Morgan fingerprint density at radius 3 is 2.81 bits per heavy atom. The highest BCUT2D eigenvalue weighted by atomic mass is 32.1. The van der Waals surface area contributed by atoms with Gasteiger partial charge >= 0.3 is 5.97 Å². The second-order valence-electron chi connectivity index (χ2n) is 6.69. The Morgan fingerprint density at radius 1 is 1.38 bits per heavy atom. The molecule has 1 amide bonds. The van der Waals surface area contributed by atoms with E-state index >= 15 is 0 Å². The fourth-order valence-corrected chi connectivity index (χ4v) is 4.11. The summed E-state index contributed by atoms with van der Waals surface area (Å²) in [6.45, 7) is 2.61. The molecule has 1 fully saturated rings. The van der Waals surface area contributed by atoms with Crippen molar-refractivity contribution in [2.75, 3.05) is 26.8 Å². The molecule has 2 aromatic rings. The first-order valence-electron chi connectivity index (χ1n) is 8.49. The second-order valence-corrected chi connectivity index (χ2v) is 7.47. The van der Waals surface area contributed by atoms with Gasteiger partial charge in [-0.25, -0.2) is 0 Å². The first kappa shape index (κ1) is 18.5. The van der Waals surface area contributed by atoms with E-state index in [1.807, 2.05) is 29.8 Å². The third-order valence-corrected chi connectivity index (χ3v) is 5.55. The zero-order chi connectivity index (χ0) is 18.7. The molecule has 2 aromatic heterocycles. The van der Waals surface area contributed by atoms with E-state index in [-0.39, 0.29) is 19.1 Å². The molecule has 0 spiro atoms. The Kier molecular flexibility index (Phi) is 5.38. The van der Waals surface area contributed by atoms with Gasteiger partial charge < -0.3 is 14.7 Å². The predicted molar refractivity (Wildman–Crippen MR) is 99.4 cm³/mol. The molecule has 1 N–H and O–H groups in total. The van der Waals surface area contributed by atoms with Crippen LogP contribution in [0.5, 0.6) is 0 Å². The van der Waals surface area contributed by atoms with Crippen molar-refractivity contribution in [3.05, 3.63) is 40.2 Å². The topological polar surface area (TPSA) is 79.7 Å². The van der Waals surface area contributed by atoms with Gasteiger partial charge in [0.1, 0.15) is 5.41 Å². The zero-order valence-electron chi connectivity index (χ0n) is 14.9. The Labute approximate surface area is 156 Å². The van der Waals surface area contributed by atoms with Crippen LogP contribution in [0.1, 0.15) is 28.9 Å². The van der Waals surface area contributed by atoms with Crippen LogP contribution in [0.15, 0.2) is 29.0 Å². The minimum absolute atomic E-state index is 0.0977. The average Bonchev–Trinajstić information content (AvgIpc) is 3.16. The van der Waals surface area contributed by atoms with Crippen molar-refractivity contribution < 1.29 is 19.4 Å². The lowest BCUT2D eigenvalue weighted by Gasteiger charge is -2.39. The molecule has 0 aromatic carbocycles. The number of hydrogen-bond acceptors (Lipinski definition) is 5. The minimum Gasteiger partial charge on any atom is -0.481 e. The van der Waals surface area contributed by atoms with Crippen molar-refractivity contribution in [2.24, 2.45) is 5.41 Å². The van der Waals surface area contributed by atoms with E-state index in [4.69, 9.17) is 4.74 Å². The third-order valence-electron chi connectivity index (χ3n) is 4.87. The number of ether oxygens (including phenoxy) is 1. The quantitative estimate of drug-likeness (QED) is 0.870. The lowest BCUT2D eigenvalue weighted by atomic mass is 9.80. The van der Waals surface area contributed by atoms with Crippen molar-refractivity contribution >= 4 is 23.2 Å². The van der Waals surface area contributed by atoms with Crippen LogP contribution in [0.25, 0.3) is 11.3 Å². The zero-order valence-corrected chi connectivity index (χ0v) is 15.7. The highest BCUT2D eigenvalue weighted by Gasteiger charge is 2.44. The van der Waals surface area contributed by atoms with Gasteiger partial charge in [-0.1, -0.05) is 0 Å². The highest BCUT2D eigenvalue weighted by molar-refractivity contribution is 7.08. The number of likely N-dealkylation sites (tertiary alicyclic amines) is 1. The van der Waals surface area contributed by atoms with Crippen LogP contribution in [-0.2, 0) is 9.53 Å². The molecule has 3 rings (SSSR count). The van der Waals surface area contributed by atoms with Crippen LogP contribution < -0.4 is 0 Å². The second kappa shape index (κ2) is 7.55. The molecule has 1 unspecified atom stereocenters. The van der Waals surface area contributed by atoms with Crippen molar-refractivity contribution in [2.45, 2.75) is 19.8 Å². The van der Waals surface area contributed by atoms with Gasteiger partial charge in [-0.15, -0.1) is 0 Å². The van der Waals surface area contributed by atoms with Gasteiger partial charge in [0.15, 0.2) is 0 Å². The lowest BCUT2D eigenvalue weighted by Crippen LogP contribution is -2.52. The predicted octanol–water partition coefficient (Wildman–Crippen LogP) is 3.07. The average molecular weight is 374 g/mol. The van der Waals surface area contributed by atoms with E-state index in [1.54, 1.807) is 22.3 Å². The van der Waals surface area contributed by atoms with Crippen molar-refractivity contribution in [1.82, 2.24) is 9.88 Å². The lowest BCUT2D eigenvalue weighted by molar-refractivity contribution is -0.155. The molecule has 138 valence electrons. The number of methoxy groups -OCH3 is 1. The van der Waals surface area contributed by atoms with E-state index in [0.29, 0.717) is 30.6 Å². The van der Waals surface area contributed by atoms with Crippen molar-refractivity contribution in [1.29, 1.82) is 0 Å². The van der Waals surface area contributed by atoms with Gasteiger partial charge in [0.2, 0.25) is 0 Å². The molecular weight excluding hydrogens is 352 g/mol. The summed E-state index contributed by atoms with van der Waals surface area (Å²) < 4.78 is 5.13. The maximum absolute atomic E-state index is 13.0. The fraction of sp³-hybridized carbons (Fsp3) is 0.421. The maximum atomic E-state index is 13.0. The molecule has 0 bridgehead atoms. The molecule has 7 heteroatoms. The number of nitrogens with zero attached hydrogens (tertiary/aromatic N) is 2. The number of aromatic nitrogens is 1. The first-order valence-corrected chi connectivity index (χ1v) is 9.43. The number of piperidine rings is 1. The van der Waals surface area contributed by atoms with Crippen LogP contribution in [0.3, 0.4) is 0 Å². The number of aryl methyl sites for hydroxylation is 1. The summed E-state index contributed by atoms with van der Waals surface area (Å²) in [6, 6.07) is 5.61. The normalized spacial score (nSPS) is 20.2. The number of carbonyl (C=O) groups is 2. The van der Waals surface area contributed by atoms with E-state index in [9.17, 15) is 14.7 Å². The summed E-state index contributed by atoms with van der Waals surface area (Å²) >= 11 is 1.60. The minimum atomic E-state index is -1.04. The Bertz CT molecular complexity index is 802. The number of thiophene rings is 1. The van der Waals surface area contributed by atoms with Crippen molar-refractivity contribution in [3.8, 4) is 11.3 Å². The van der Waals surface area contributed by atoms with E-state index in [0.717, 1.165) is 11.3 Å². The molecule has 1 aliphatic heterocycles. The summed E-state index contributed by atoms with van der Waals surface area (Å²) in [4.78, 5) is 30.9. The monoisotopic (exact) mass is 374 g/mol. The molecule has 3 heterocycles. The number of rotatable bonds is 5. The van der Waals surface area contributed by atoms with Crippen molar-refractivity contribution in [3.63, 3.8) is 0 Å². The van der Waals surface area contributed by atoms with Gasteiger partial charge in [0, 0.05) is 31.1 Å². The van der Waals surface area contributed by atoms with Crippen LogP contribution in [0, 0.1) is 12.3 Å². The largest absolute Gasteiger partial charge is 0.481 e. The summed E-state index contributed by atoms with van der Waals surface area (Å²) in [5.41, 5.74) is 1.98. The number of pyridine rings is 1. The summed E-state index contributed by atoms with van der Waals surface area (Å²) in [6.07, 6.45) is 1.15. The van der Waals surface area contributed by atoms with E-state index < -0.39 is 11.4 Å². The van der Waals surface area contributed by atoms with Crippen LogP contribution in [0.4, 0.5) is 0 Å². The molecule has 0 aliphatic carbocycles. The third kappa shape index (κ3) is 3.50. The van der Waals surface area contributed by atoms with E-state index in [2.05, 4.69) is 4.98 Å². The van der Waals surface area contributed by atoms with Crippen LogP contribution in [-0.4, -0.2) is 53.7 Å². The Balaban J connectivity index is 1.83. The number of hydrogen-bond donors (Lipinski definition) is 1. The molecular formula is C19H22N2O4S. The smallest absolute Gasteiger partial charge is 0.313 e. The highest BCUT2D eigenvalue weighted by Crippen LogP contribution is 2.32. The van der Waals surface area contributed by atoms with Crippen LogP contribution in [0.2, 0.25) is 0 Å². The number of carboxylic acid groups (broad SMARTS) is 1. The molecule has 1 aliphatic rings. The molecule has 1 saturated heterocycles. The maximum Gasteiger partial charge on any atom is 0.313 e. The molecule has 0 radical (unpaired) electrons. The van der Waals surface area contributed by atoms with Gasteiger partial charge in [0.05, 0.1) is 23.6 Å². The SMILES string of the molecule is COCC1(C(=O)O)CCCN(C(=O)c2ccc(-c3ccsc3)nc2C)C1. The Hall–Kier alpha value is -2.25. The van der Waals surface area contributed by atoms with E-state index in [1.165, 1.54) is 7.11 Å². The first-order chi connectivity index (χ1) is 12.5. The molecule has 1 atom stereocenters. The number of aliphatic carboxylic acids is 1. The number of amides is 1. The summed E-state index contributed by atoms with van der Waals surface area (Å²) in [5, 5.41) is 13.7. The fourth-order valence-electron chi connectivity index (χ4n) is 3.46. The Morgan fingerprint density at radius 2 is 2.19 bits per heavy atom. The standard InChI is InChI=1S/C19H22N2O4S/c1-13-15(4-5-16(20-13)14-6-9-26-10-14)17(22)21-8-3-7-19(11-21,12-25-2)18(23)24/h4-6,9-10H,3,7-8,11-12H2,1-2H3,(H,23,24). The molecule has 0 saturated carbocycles. The van der Waals surface area contributed by atoms with Gasteiger partial charge in [-0.2, -0.15) is 11.3 Å². The van der Waals surface area contributed by atoms with Gasteiger partial charge in [-0.3, -0.25) is 14.6 Å².